The standard InChI is InChI=1S/C23H20BrN3O10S2/c1-35-18-11-14(10-17(24)21(18)37-39(33,34)16-4-2-15(3-5-16)27(31)32)12-19-22(29)26(23(30)38-19)13-20(28)25-6-8-36-9-7-25/h2-5,10-12H,6-9,13H2,1H3/b19-12-. The van der Waals surface area contributed by atoms with Gasteiger partial charge in [-0.3, -0.25) is 29.4 Å². The number of carbonyl (C=O) groups is 3. The molecule has 39 heavy (non-hydrogen) atoms. The molecular formula is C23H20BrN3O10S2. The normalized spacial score (nSPS) is 17.0. The summed E-state index contributed by atoms with van der Waals surface area (Å²) < 4.78 is 41.4. The Morgan fingerprint density at radius 3 is 2.49 bits per heavy atom. The van der Waals surface area contributed by atoms with Crippen LogP contribution in [0.15, 0.2) is 50.7 Å². The number of morpholine rings is 1. The molecule has 2 aliphatic rings. The van der Waals surface area contributed by atoms with Crippen molar-refractivity contribution in [2.45, 2.75) is 4.90 Å². The summed E-state index contributed by atoms with van der Waals surface area (Å²) in [5, 5.41) is 10.2. The highest BCUT2D eigenvalue weighted by atomic mass is 79.9. The average molecular weight is 642 g/mol. The van der Waals surface area contributed by atoms with Crippen LogP contribution in [0.4, 0.5) is 10.5 Å². The second kappa shape index (κ2) is 11.7. The Balaban J connectivity index is 1.54. The van der Waals surface area contributed by atoms with E-state index in [-0.39, 0.29) is 43.9 Å². The number of hydrogen-bond donors (Lipinski definition) is 0. The van der Waals surface area contributed by atoms with Gasteiger partial charge in [0.05, 0.1) is 34.6 Å². The number of imide groups is 1. The first kappa shape index (κ1) is 28.5. The number of ether oxygens (including phenoxy) is 2. The molecule has 206 valence electrons. The summed E-state index contributed by atoms with van der Waals surface area (Å²) >= 11 is 3.91. The SMILES string of the molecule is COc1cc(/C=C2\SC(=O)N(CC(=O)N3CCOCC3)C2=O)cc(Br)c1OS(=O)(=O)c1ccc([N+](=O)[O-])cc1. The Labute approximate surface area is 235 Å². The first-order valence-electron chi connectivity index (χ1n) is 11.2. The Morgan fingerprint density at radius 1 is 1.21 bits per heavy atom. The van der Waals surface area contributed by atoms with E-state index in [0.29, 0.717) is 43.6 Å². The predicted molar refractivity (Wildman–Crippen MR) is 142 cm³/mol. The van der Waals surface area contributed by atoms with E-state index in [1.54, 1.807) is 0 Å². The molecular weight excluding hydrogens is 622 g/mol. The molecule has 3 amide bonds. The third-order valence-corrected chi connectivity index (χ3v) is 8.34. The fraction of sp³-hybridized carbons (Fsp3) is 0.261. The van der Waals surface area contributed by atoms with E-state index in [9.17, 15) is 32.9 Å². The summed E-state index contributed by atoms with van der Waals surface area (Å²) in [5.41, 5.74) is 0.0933. The average Bonchev–Trinajstić information content (AvgIpc) is 3.17. The van der Waals surface area contributed by atoms with Crippen LogP contribution >= 0.6 is 27.7 Å². The number of benzene rings is 2. The van der Waals surface area contributed by atoms with Crippen LogP contribution in [0.3, 0.4) is 0 Å². The second-order valence-corrected chi connectivity index (χ2v) is 11.5. The van der Waals surface area contributed by atoms with Crippen molar-refractivity contribution in [1.82, 2.24) is 9.80 Å². The molecule has 0 N–H and O–H groups in total. The molecule has 2 fully saturated rings. The fourth-order valence-corrected chi connectivity index (χ4v) is 6.08. The highest BCUT2D eigenvalue weighted by molar-refractivity contribution is 9.10. The molecule has 4 rings (SSSR count). The summed E-state index contributed by atoms with van der Waals surface area (Å²) in [6, 6.07) is 7.01. The van der Waals surface area contributed by atoms with Crippen LogP contribution in [0, 0.1) is 10.1 Å². The molecule has 2 heterocycles. The molecule has 0 bridgehead atoms. The second-order valence-electron chi connectivity index (χ2n) is 8.08. The van der Waals surface area contributed by atoms with E-state index < -0.39 is 26.2 Å². The zero-order chi connectivity index (χ0) is 28.3. The van der Waals surface area contributed by atoms with Gasteiger partial charge in [-0.25, -0.2) is 0 Å². The lowest BCUT2D eigenvalue weighted by atomic mass is 10.2. The Bertz CT molecular complexity index is 1470. The number of non-ortho nitro benzene ring substituents is 1. The van der Waals surface area contributed by atoms with Gasteiger partial charge in [-0.1, -0.05) is 0 Å². The van der Waals surface area contributed by atoms with E-state index >= 15 is 0 Å². The van der Waals surface area contributed by atoms with Crippen LogP contribution in [0.5, 0.6) is 11.5 Å². The number of carbonyl (C=O) groups excluding carboxylic acids is 3. The molecule has 2 aromatic carbocycles. The van der Waals surface area contributed by atoms with Crippen LogP contribution in [0.2, 0.25) is 0 Å². The Morgan fingerprint density at radius 2 is 1.87 bits per heavy atom. The van der Waals surface area contributed by atoms with E-state index in [1.165, 1.54) is 30.2 Å². The lowest BCUT2D eigenvalue weighted by Gasteiger charge is -2.28. The fourth-order valence-electron chi connectivity index (χ4n) is 3.63. The van der Waals surface area contributed by atoms with Gasteiger partial charge in [-0.05, 0) is 63.6 Å². The zero-order valence-electron chi connectivity index (χ0n) is 20.2. The van der Waals surface area contributed by atoms with Crippen molar-refractivity contribution in [3.63, 3.8) is 0 Å². The van der Waals surface area contributed by atoms with Gasteiger partial charge in [0.1, 0.15) is 11.4 Å². The number of nitro groups is 1. The third-order valence-electron chi connectivity index (χ3n) is 5.61. The van der Waals surface area contributed by atoms with E-state index in [0.717, 1.165) is 29.2 Å². The number of nitro benzene ring substituents is 1. The first-order valence-corrected chi connectivity index (χ1v) is 14.2. The van der Waals surface area contributed by atoms with E-state index in [4.69, 9.17) is 13.7 Å². The van der Waals surface area contributed by atoms with Crippen LogP contribution in [0.25, 0.3) is 6.08 Å². The van der Waals surface area contributed by atoms with Crippen LogP contribution in [-0.2, 0) is 24.4 Å². The smallest absolute Gasteiger partial charge is 0.339 e. The van der Waals surface area contributed by atoms with Gasteiger partial charge in [0.15, 0.2) is 11.5 Å². The molecule has 0 spiro atoms. The maximum Gasteiger partial charge on any atom is 0.339 e. The molecule has 2 aliphatic heterocycles. The summed E-state index contributed by atoms with van der Waals surface area (Å²) in [6.07, 6.45) is 1.41. The number of methoxy groups -OCH3 is 1. The highest BCUT2D eigenvalue weighted by Gasteiger charge is 2.37. The molecule has 0 aliphatic carbocycles. The summed E-state index contributed by atoms with van der Waals surface area (Å²) in [6.45, 7) is 1.15. The van der Waals surface area contributed by atoms with Crippen LogP contribution in [0.1, 0.15) is 5.56 Å². The van der Waals surface area contributed by atoms with Crippen molar-refractivity contribution in [2.24, 2.45) is 0 Å². The number of amides is 3. The molecule has 2 aromatic rings. The van der Waals surface area contributed by atoms with Crippen molar-refractivity contribution >= 4 is 66.6 Å². The van der Waals surface area contributed by atoms with Crippen LogP contribution in [-0.4, -0.2) is 80.2 Å². The lowest BCUT2D eigenvalue weighted by molar-refractivity contribution is -0.384. The van der Waals surface area contributed by atoms with Crippen molar-refractivity contribution in [3.05, 3.63) is 61.5 Å². The highest BCUT2D eigenvalue weighted by Crippen LogP contribution is 2.40. The summed E-state index contributed by atoms with van der Waals surface area (Å²) in [5.74, 6) is -1.20. The minimum atomic E-state index is -4.39. The van der Waals surface area contributed by atoms with Gasteiger partial charge >= 0.3 is 10.1 Å². The van der Waals surface area contributed by atoms with Crippen molar-refractivity contribution in [1.29, 1.82) is 0 Å². The Kier molecular flexibility index (Phi) is 8.58. The quantitative estimate of drug-likeness (QED) is 0.180. The summed E-state index contributed by atoms with van der Waals surface area (Å²) in [7, 11) is -3.11. The Hall–Kier alpha value is -3.47. The maximum atomic E-state index is 12.9. The van der Waals surface area contributed by atoms with Gasteiger partial charge < -0.3 is 18.6 Å². The van der Waals surface area contributed by atoms with Gasteiger partial charge in [0.2, 0.25) is 5.91 Å². The summed E-state index contributed by atoms with van der Waals surface area (Å²) in [4.78, 5) is 50.2. The number of rotatable bonds is 8. The predicted octanol–water partition coefficient (Wildman–Crippen LogP) is 3.03. The first-order chi connectivity index (χ1) is 18.5. The van der Waals surface area contributed by atoms with Crippen molar-refractivity contribution in [2.75, 3.05) is 40.0 Å². The molecule has 13 nitrogen and oxygen atoms in total. The molecule has 0 radical (unpaired) electrons. The topological polar surface area (TPSA) is 163 Å². The lowest BCUT2D eigenvalue weighted by Crippen LogP contribution is -2.46. The molecule has 0 atom stereocenters. The largest absolute Gasteiger partial charge is 0.493 e. The molecule has 0 saturated carbocycles. The molecule has 2 saturated heterocycles. The van der Waals surface area contributed by atoms with Gasteiger partial charge in [0, 0.05) is 25.2 Å². The van der Waals surface area contributed by atoms with Crippen molar-refractivity contribution in [3.8, 4) is 11.5 Å². The molecule has 0 unspecified atom stereocenters. The molecule has 16 heteroatoms. The zero-order valence-corrected chi connectivity index (χ0v) is 23.4. The third kappa shape index (κ3) is 6.41. The van der Waals surface area contributed by atoms with Crippen LogP contribution < -0.4 is 8.92 Å². The van der Waals surface area contributed by atoms with Crippen molar-refractivity contribution < 1.29 is 41.4 Å². The van der Waals surface area contributed by atoms with Gasteiger partial charge in [0.25, 0.3) is 16.8 Å². The van der Waals surface area contributed by atoms with Gasteiger partial charge in [-0.15, -0.1) is 0 Å². The number of hydrogen-bond acceptors (Lipinski definition) is 11. The van der Waals surface area contributed by atoms with Gasteiger partial charge in [-0.2, -0.15) is 8.42 Å². The number of thioether (sulfide) groups is 1. The minimum Gasteiger partial charge on any atom is -0.493 e. The monoisotopic (exact) mass is 641 g/mol. The molecule has 0 aromatic heterocycles. The van der Waals surface area contributed by atoms with E-state index in [1.807, 2.05) is 0 Å². The van der Waals surface area contributed by atoms with E-state index in [2.05, 4.69) is 15.9 Å². The number of nitrogens with zero attached hydrogens (tertiary/aromatic N) is 3. The minimum absolute atomic E-state index is 0.0113. The number of halogens is 1. The maximum absolute atomic E-state index is 12.9.